The molecule has 3 aromatic rings. The van der Waals surface area contributed by atoms with E-state index >= 15 is 0 Å². The number of hydrogen-bond acceptors (Lipinski definition) is 8. The van der Waals surface area contributed by atoms with Gasteiger partial charge in [-0.1, -0.05) is 24.3 Å². The third-order valence-corrected chi connectivity index (χ3v) is 4.65. The summed E-state index contributed by atoms with van der Waals surface area (Å²) in [6.07, 6.45) is 1.49. The molecule has 0 unspecified atom stereocenters. The van der Waals surface area contributed by atoms with Crippen molar-refractivity contribution in [3.05, 3.63) is 105 Å². The predicted molar refractivity (Wildman–Crippen MR) is 118 cm³/mol. The van der Waals surface area contributed by atoms with Gasteiger partial charge in [0.15, 0.2) is 17.2 Å². The van der Waals surface area contributed by atoms with E-state index in [0.717, 1.165) is 0 Å². The first-order valence-corrected chi connectivity index (χ1v) is 9.67. The Kier molecular flexibility index (Phi) is 5.94. The van der Waals surface area contributed by atoms with Gasteiger partial charge < -0.3 is 14.2 Å². The number of hydrogen-bond donors (Lipinski definition) is 0. The van der Waals surface area contributed by atoms with Crippen LogP contribution in [0.15, 0.2) is 83.5 Å². The number of carbonyl (C=O) groups excluding carboxylic acids is 2. The van der Waals surface area contributed by atoms with Gasteiger partial charge in [-0.3, -0.25) is 10.1 Å². The molecule has 9 heteroatoms. The molecule has 164 valence electrons. The van der Waals surface area contributed by atoms with E-state index in [1.165, 1.54) is 37.5 Å². The number of nitro groups is 1. The summed E-state index contributed by atoms with van der Waals surface area (Å²) in [5, 5.41) is 10.8. The lowest BCUT2D eigenvalue weighted by Gasteiger charge is -2.10. The first kappa shape index (κ1) is 21.4. The SMILES string of the molecule is COc1cc(/C=C2\N=C(c3ccc([N+](=O)[O-])cc3)OC2=O)ccc1OC(=O)c1ccccc1. The number of cyclic esters (lactones) is 1. The summed E-state index contributed by atoms with van der Waals surface area (Å²) in [4.78, 5) is 39.0. The molecule has 0 spiro atoms. The van der Waals surface area contributed by atoms with Crippen molar-refractivity contribution < 1.29 is 28.7 Å². The number of esters is 2. The van der Waals surface area contributed by atoms with Gasteiger partial charge in [0.2, 0.25) is 5.90 Å². The molecule has 0 bridgehead atoms. The van der Waals surface area contributed by atoms with Gasteiger partial charge in [0, 0.05) is 17.7 Å². The summed E-state index contributed by atoms with van der Waals surface area (Å²) in [7, 11) is 1.43. The summed E-state index contributed by atoms with van der Waals surface area (Å²) in [6, 6.07) is 18.8. The molecule has 1 aliphatic rings. The third-order valence-electron chi connectivity index (χ3n) is 4.65. The lowest BCUT2D eigenvalue weighted by Crippen LogP contribution is -2.09. The van der Waals surface area contributed by atoms with Crippen LogP contribution in [0.4, 0.5) is 5.69 Å². The average molecular weight is 444 g/mol. The van der Waals surface area contributed by atoms with E-state index in [2.05, 4.69) is 4.99 Å². The predicted octanol–water partition coefficient (Wildman–Crippen LogP) is 4.17. The first-order valence-electron chi connectivity index (χ1n) is 9.67. The van der Waals surface area contributed by atoms with Crippen LogP contribution < -0.4 is 9.47 Å². The molecule has 0 radical (unpaired) electrons. The van der Waals surface area contributed by atoms with Crippen molar-refractivity contribution in [2.75, 3.05) is 7.11 Å². The lowest BCUT2D eigenvalue weighted by molar-refractivity contribution is -0.384. The fourth-order valence-electron chi connectivity index (χ4n) is 3.01. The number of non-ortho nitro benzene ring substituents is 1. The number of rotatable bonds is 6. The van der Waals surface area contributed by atoms with Crippen LogP contribution >= 0.6 is 0 Å². The molecule has 0 atom stereocenters. The maximum absolute atomic E-state index is 12.3. The summed E-state index contributed by atoms with van der Waals surface area (Å²) in [5.74, 6) is -0.641. The molecule has 1 heterocycles. The van der Waals surface area contributed by atoms with Gasteiger partial charge in [-0.15, -0.1) is 0 Å². The number of benzene rings is 3. The van der Waals surface area contributed by atoms with Gasteiger partial charge in [0.25, 0.3) is 5.69 Å². The van der Waals surface area contributed by atoms with Crippen molar-refractivity contribution in [1.29, 1.82) is 0 Å². The standard InChI is InChI=1S/C24H16N2O7/c1-31-21-14-15(7-12-20(21)32-23(27)17-5-3-2-4-6-17)13-19-24(28)33-22(25-19)16-8-10-18(11-9-16)26(29)30/h2-14H,1H3/b19-13-. The molecule has 3 aromatic carbocycles. The molecule has 0 aromatic heterocycles. The molecule has 0 aliphatic carbocycles. The number of nitrogens with zero attached hydrogens (tertiary/aromatic N) is 2. The average Bonchev–Trinajstić information content (AvgIpc) is 3.20. The van der Waals surface area contributed by atoms with Crippen molar-refractivity contribution in [1.82, 2.24) is 0 Å². The third kappa shape index (κ3) is 4.77. The zero-order valence-corrected chi connectivity index (χ0v) is 17.3. The highest BCUT2D eigenvalue weighted by atomic mass is 16.6. The van der Waals surface area contributed by atoms with Gasteiger partial charge in [-0.25, -0.2) is 14.6 Å². The number of carbonyl (C=O) groups is 2. The number of methoxy groups -OCH3 is 1. The highest BCUT2D eigenvalue weighted by molar-refractivity contribution is 6.12. The quantitative estimate of drug-likeness (QED) is 0.184. The maximum atomic E-state index is 12.3. The van der Waals surface area contributed by atoms with Gasteiger partial charge in [-0.05, 0) is 48.0 Å². The highest BCUT2D eigenvalue weighted by Crippen LogP contribution is 2.30. The van der Waals surface area contributed by atoms with Crippen molar-refractivity contribution in [3.63, 3.8) is 0 Å². The Labute approximate surface area is 187 Å². The van der Waals surface area contributed by atoms with E-state index < -0.39 is 16.9 Å². The Morgan fingerprint density at radius 3 is 2.42 bits per heavy atom. The zero-order chi connectivity index (χ0) is 23.4. The molecule has 9 nitrogen and oxygen atoms in total. The van der Waals surface area contributed by atoms with Crippen molar-refractivity contribution >= 4 is 29.6 Å². The lowest BCUT2D eigenvalue weighted by atomic mass is 10.1. The Bertz CT molecular complexity index is 1300. The van der Waals surface area contributed by atoms with E-state index in [0.29, 0.717) is 22.4 Å². The summed E-state index contributed by atoms with van der Waals surface area (Å²) in [6.45, 7) is 0. The fourth-order valence-corrected chi connectivity index (χ4v) is 3.01. The Morgan fingerprint density at radius 2 is 1.76 bits per heavy atom. The number of nitro benzene ring substituents is 1. The van der Waals surface area contributed by atoms with Crippen LogP contribution in [0.1, 0.15) is 21.5 Å². The minimum atomic E-state index is -0.665. The second kappa shape index (κ2) is 9.15. The van der Waals surface area contributed by atoms with Crippen molar-refractivity contribution in [2.24, 2.45) is 4.99 Å². The highest BCUT2D eigenvalue weighted by Gasteiger charge is 2.25. The van der Waals surface area contributed by atoms with E-state index in [-0.39, 0.29) is 23.0 Å². The molecular formula is C24H16N2O7. The summed E-state index contributed by atoms with van der Waals surface area (Å²) >= 11 is 0. The molecule has 0 amide bonds. The van der Waals surface area contributed by atoms with E-state index in [1.54, 1.807) is 48.5 Å². The van der Waals surface area contributed by atoms with E-state index in [1.807, 2.05) is 0 Å². The molecule has 4 rings (SSSR count). The van der Waals surface area contributed by atoms with Crippen LogP contribution in [0.2, 0.25) is 0 Å². The Morgan fingerprint density at radius 1 is 1.03 bits per heavy atom. The van der Waals surface area contributed by atoms with Crippen molar-refractivity contribution in [2.45, 2.75) is 0 Å². The van der Waals surface area contributed by atoms with E-state index in [4.69, 9.17) is 14.2 Å². The Balaban J connectivity index is 1.56. The van der Waals surface area contributed by atoms with Gasteiger partial charge >= 0.3 is 11.9 Å². The van der Waals surface area contributed by atoms with E-state index in [9.17, 15) is 19.7 Å². The minimum absolute atomic E-state index is 0.0411. The monoisotopic (exact) mass is 444 g/mol. The van der Waals surface area contributed by atoms with Crippen LogP contribution in [0.3, 0.4) is 0 Å². The van der Waals surface area contributed by atoms with Crippen LogP contribution in [0.5, 0.6) is 11.5 Å². The maximum Gasteiger partial charge on any atom is 0.363 e. The molecular weight excluding hydrogens is 428 g/mol. The molecule has 0 saturated heterocycles. The zero-order valence-electron chi connectivity index (χ0n) is 17.3. The number of ether oxygens (including phenoxy) is 3. The summed E-state index contributed by atoms with van der Waals surface area (Å²) in [5.41, 5.74) is 1.34. The Hall–Kier alpha value is -4.79. The van der Waals surface area contributed by atoms with Gasteiger partial charge in [0.1, 0.15) is 0 Å². The summed E-state index contributed by atoms with van der Waals surface area (Å²) < 4.78 is 15.9. The fraction of sp³-hybridized carbons (Fsp3) is 0.0417. The topological polar surface area (TPSA) is 117 Å². The van der Waals surface area contributed by atoms with Crippen LogP contribution in [0, 0.1) is 10.1 Å². The second-order valence-corrected chi connectivity index (χ2v) is 6.81. The number of aliphatic imine (C=N–C) groups is 1. The first-order chi connectivity index (χ1) is 15.9. The smallest absolute Gasteiger partial charge is 0.363 e. The van der Waals surface area contributed by atoms with Crippen LogP contribution in [-0.4, -0.2) is 29.9 Å². The largest absolute Gasteiger partial charge is 0.493 e. The van der Waals surface area contributed by atoms with Gasteiger partial charge in [-0.2, -0.15) is 0 Å². The molecule has 0 fully saturated rings. The normalized spacial score (nSPS) is 13.9. The molecule has 1 aliphatic heterocycles. The molecule has 0 saturated carbocycles. The second-order valence-electron chi connectivity index (χ2n) is 6.81. The van der Waals surface area contributed by atoms with Crippen molar-refractivity contribution in [3.8, 4) is 11.5 Å². The van der Waals surface area contributed by atoms with Crippen LogP contribution in [0.25, 0.3) is 6.08 Å². The van der Waals surface area contributed by atoms with Crippen LogP contribution in [-0.2, 0) is 9.53 Å². The molecule has 33 heavy (non-hydrogen) atoms. The molecule has 0 N–H and O–H groups in total. The minimum Gasteiger partial charge on any atom is -0.493 e. The van der Waals surface area contributed by atoms with Gasteiger partial charge in [0.05, 0.1) is 17.6 Å².